The van der Waals surface area contributed by atoms with Crippen LogP contribution in [0.5, 0.6) is 0 Å². The number of aryl methyl sites for hydroxylation is 2. The number of aromatic nitrogens is 4. The van der Waals surface area contributed by atoms with Crippen molar-refractivity contribution in [2.24, 2.45) is 0 Å². The van der Waals surface area contributed by atoms with Crippen molar-refractivity contribution < 1.29 is 9.26 Å². The van der Waals surface area contributed by atoms with Crippen molar-refractivity contribution in [1.82, 2.24) is 20.1 Å². The monoisotopic (exact) mass is 220 g/mol. The van der Waals surface area contributed by atoms with Gasteiger partial charge in [-0.1, -0.05) is 5.16 Å². The van der Waals surface area contributed by atoms with Gasteiger partial charge in [0.1, 0.15) is 12.4 Å². The van der Waals surface area contributed by atoms with Crippen molar-refractivity contribution in [3.05, 3.63) is 23.5 Å². The summed E-state index contributed by atoms with van der Waals surface area (Å²) in [5.74, 6) is 1.65. The minimum Gasteiger partial charge on any atom is -0.377 e. The molecule has 0 spiro atoms. The second kappa shape index (κ2) is 4.36. The van der Waals surface area contributed by atoms with Gasteiger partial charge < -0.3 is 9.26 Å². The Kier molecular flexibility index (Phi) is 2.91. The predicted octanol–water partition coefficient (Wildman–Crippen LogP) is 1.29. The van der Waals surface area contributed by atoms with Crippen LogP contribution < -0.4 is 0 Å². The van der Waals surface area contributed by atoms with Gasteiger partial charge in [0.25, 0.3) is 5.89 Å². The van der Waals surface area contributed by atoms with E-state index in [1.54, 1.807) is 13.3 Å². The number of hydrogen-bond donors (Lipinski definition) is 0. The molecule has 0 aliphatic heterocycles. The molecule has 0 saturated carbocycles. The van der Waals surface area contributed by atoms with Gasteiger partial charge in [-0.15, -0.1) is 0 Å². The molecule has 16 heavy (non-hydrogen) atoms. The van der Waals surface area contributed by atoms with Gasteiger partial charge in [0.2, 0.25) is 0 Å². The van der Waals surface area contributed by atoms with Crippen LogP contribution in [0.2, 0.25) is 0 Å². The molecule has 0 bridgehead atoms. The van der Waals surface area contributed by atoms with Crippen molar-refractivity contribution in [3.8, 4) is 11.5 Å². The molecule has 0 unspecified atom stereocenters. The van der Waals surface area contributed by atoms with Gasteiger partial charge in [0.15, 0.2) is 5.82 Å². The largest absolute Gasteiger partial charge is 0.377 e. The van der Waals surface area contributed by atoms with Crippen LogP contribution in [0, 0.1) is 13.8 Å². The number of methoxy groups -OCH3 is 1. The van der Waals surface area contributed by atoms with Crippen LogP contribution in [0.15, 0.2) is 10.7 Å². The second-order valence-electron chi connectivity index (χ2n) is 3.37. The molecule has 2 heterocycles. The first-order valence-electron chi connectivity index (χ1n) is 4.83. The van der Waals surface area contributed by atoms with Gasteiger partial charge in [-0.25, -0.2) is 9.97 Å². The third kappa shape index (κ3) is 2.06. The van der Waals surface area contributed by atoms with E-state index < -0.39 is 0 Å². The fraction of sp³-hybridized carbons (Fsp3) is 0.400. The van der Waals surface area contributed by atoms with Gasteiger partial charge in [0.05, 0.1) is 11.3 Å². The maximum Gasteiger partial charge on any atom is 0.261 e. The first-order chi connectivity index (χ1) is 7.70. The van der Waals surface area contributed by atoms with Crippen LogP contribution in [0.25, 0.3) is 11.5 Å². The molecule has 0 fully saturated rings. The smallest absolute Gasteiger partial charge is 0.261 e. The molecule has 0 aliphatic rings. The van der Waals surface area contributed by atoms with Crippen molar-refractivity contribution >= 4 is 0 Å². The average molecular weight is 220 g/mol. The summed E-state index contributed by atoms with van der Waals surface area (Å²) in [5, 5.41) is 3.78. The first kappa shape index (κ1) is 10.7. The van der Waals surface area contributed by atoms with E-state index in [1.807, 2.05) is 13.8 Å². The lowest BCUT2D eigenvalue weighted by Gasteiger charge is -1.99. The Hall–Kier alpha value is -1.82. The SMILES string of the molecule is COCc1noc(-c2cnc(C)nc2C)n1. The Bertz CT molecular complexity index is 495. The summed E-state index contributed by atoms with van der Waals surface area (Å²) in [5.41, 5.74) is 1.57. The first-order valence-corrected chi connectivity index (χ1v) is 4.83. The fourth-order valence-electron chi connectivity index (χ4n) is 1.34. The summed E-state index contributed by atoms with van der Waals surface area (Å²) >= 11 is 0. The fourth-order valence-corrected chi connectivity index (χ4v) is 1.34. The van der Waals surface area contributed by atoms with Crippen molar-refractivity contribution in [1.29, 1.82) is 0 Å². The van der Waals surface area contributed by atoms with Crippen LogP contribution >= 0.6 is 0 Å². The average Bonchev–Trinajstić information content (AvgIpc) is 2.67. The van der Waals surface area contributed by atoms with Crippen molar-refractivity contribution in [2.75, 3.05) is 7.11 Å². The van der Waals surface area contributed by atoms with Crippen molar-refractivity contribution in [2.45, 2.75) is 20.5 Å². The van der Waals surface area contributed by atoms with Crippen LogP contribution in [-0.4, -0.2) is 27.2 Å². The van der Waals surface area contributed by atoms with Gasteiger partial charge >= 0.3 is 0 Å². The van der Waals surface area contributed by atoms with Gasteiger partial charge in [-0.2, -0.15) is 4.98 Å². The van der Waals surface area contributed by atoms with Crippen LogP contribution in [0.1, 0.15) is 17.3 Å². The molecule has 0 aliphatic carbocycles. The van der Waals surface area contributed by atoms with Gasteiger partial charge in [-0.05, 0) is 13.8 Å². The van der Waals surface area contributed by atoms with Crippen LogP contribution in [0.4, 0.5) is 0 Å². The van der Waals surface area contributed by atoms with Crippen molar-refractivity contribution in [3.63, 3.8) is 0 Å². The molecule has 6 heteroatoms. The molecule has 0 saturated heterocycles. The summed E-state index contributed by atoms with van der Waals surface area (Å²) in [6.07, 6.45) is 1.68. The Morgan fingerprint density at radius 1 is 1.31 bits per heavy atom. The zero-order valence-electron chi connectivity index (χ0n) is 9.39. The summed E-state index contributed by atoms with van der Waals surface area (Å²) in [4.78, 5) is 12.5. The molecular formula is C10H12N4O2. The van der Waals surface area contributed by atoms with Gasteiger partial charge in [0, 0.05) is 13.3 Å². The second-order valence-corrected chi connectivity index (χ2v) is 3.37. The number of nitrogens with zero attached hydrogens (tertiary/aromatic N) is 4. The number of ether oxygens (including phenoxy) is 1. The Labute approximate surface area is 92.7 Å². The lowest BCUT2D eigenvalue weighted by atomic mass is 10.2. The maximum absolute atomic E-state index is 5.10. The lowest BCUT2D eigenvalue weighted by Crippen LogP contribution is -1.94. The Morgan fingerprint density at radius 2 is 2.12 bits per heavy atom. The third-order valence-electron chi connectivity index (χ3n) is 2.07. The maximum atomic E-state index is 5.10. The van der Waals surface area contributed by atoms with E-state index in [1.165, 1.54) is 0 Å². The minimum absolute atomic E-state index is 0.329. The zero-order valence-corrected chi connectivity index (χ0v) is 9.39. The topological polar surface area (TPSA) is 73.9 Å². The minimum atomic E-state index is 0.329. The molecule has 2 aromatic heterocycles. The van der Waals surface area contributed by atoms with E-state index in [0.717, 1.165) is 17.1 Å². The summed E-state index contributed by atoms with van der Waals surface area (Å²) in [6, 6.07) is 0. The highest BCUT2D eigenvalue weighted by atomic mass is 16.5. The molecule has 84 valence electrons. The number of rotatable bonds is 3. The quantitative estimate of drug-likeness (QED) is 0.775. The van der Waals surface area contributed by atoms with E-state index >= 15 is 0 Å². The van der Waals surface area contributed by atoms with Crippen LogP contribution in [0.3, 0.4) is 0 Å². The van der Waals surface area contributed by atoms with E-state index in [-0.39, 0.29) is 0 Å². The highest BCUT2D eigenvalue weighted by Gasteiger charge is 2.12. The highest BCUT2D eigenvalue weighted by Crippen LogP contribution is 2.19. The molecule has 0 aromatic carbocycles. The van der Waals surface area contributed by atoms with E-state index in [2.05, 4.69) is 20.1 Å². The van der Waals surface area contributed by atoms with E-state index in [9.17, 15) is 0 Å². The lowest BCUT2D eigenvalue weighted by molar-refractivity contribution is 0.174. The molecule has 2 rings (SSSR count). The normalized spacial score (nSPS) is 10.7. The molecular weight excluding hydrogens is 208 g/mol. The summed E-state index contributed by atoms with van der Waals surface area (Å²) in [6.45, 7) is 4.04. The molecule has 6 nitrogen and oxygen atoms in total. The number of hydrogen-bond acceptors (Lipinski definition) is 6. The highest BCUT2D eigenvalue weighted by molar-refractivity contribution is 5.54. The standard InChI is InChI=1S/C10H12N4O2/c1-6-8(4-11-7(2)12-6)10-13-9(5-15-3)14-16-10/h4H,5H2,1-3H3. The summed E-state index contributed by atoms with van der Waals surface area (Å²) < 4.78 is 10.0. The van der Waals surface area contributed by atoms with E-state index in [4.69, 9.17) is 9.26 Å². The molecule has 0 atom stereocenters. The molecule has 2 aromatic rings. The summed E-state index contributed by atoms with van der Waals surface area (Å²) in [7, 11) is 1.58. The van der Waals surface area contributed by atoms with Gasteiger partial charge in [-0.3, -0.25) is 0 Å². The molecule has 0 radical (unpaired) electrons. The third-order valence-corrected chi connectivity index (χ3v) is 2.07. The predicted molar refractivity (Wildman–Crippen MR) is 55.5 cm³/mol. The Balaban J connectivity index is 2.35. The molecule has 0 amide bonds. The van der Waals surface area contributed by atoms with E-state index in [0.29, 0.717) is 18.3 Å². The van der Waals surface area contributed by atoms with Crippen LogP contribution in [-0.2, 0) is 11.3 Å². The molecule has 0 N–H and O–H groups in total. The zero-order chi connectivity index (χ0) is 11.5. The Morgan fingerprint density at radius 3 is 2.81 bits per heavy atom.